The molecule has 1 unspecified atom stereocenters. The summed E-state index contributed by atoms with van der Waals surface area (Å²) < 4.78 is 2.34. The normalized spacial score (nSPS) is 12.2. The monoisotopic (exact) mass is 406 g/mol. The minimum atomic E-state index is -0.556. The van der Waals surface area contributed by atoms with Crippen molar-refractivity contribution < 1.29 is 4.79 Å². The molecular formula is C21H18N4O3S. The van der Waals surface area contributed by atoms with Gasteiger partial charge in [0.15, 0.2) is 22.1 Å². The standard InChI is InChI=1S/C21H18N4O3S/c1-24-18-15(19(27)25(2)21(24)28)22-20(23-18)29-17(14-11-7-4-8-12-14)16(26)13-9-5-3-6-10-13/h3-12,17H,1-2H3,(H,22,23). The SMILES string of the molecule is Cn1c(=O)c2[nH]c(SC(C(=O)c3ccccc3)c3ccccc3)nc2n(C)c1=O. The molecule has 2 aromatic heterocycles. The van der Waals surface area contributed by atoms with Crippen LogP contribution >= 0.6 is 11.8 Å². The molecule has 0 bridgehead atoms. The maximum absolute atomic E-state index is 13.2. The van der Waals surface area contributed by atoms with Gasteiger partial charge in [-0.2, -0.15) is 0 Å². The number of Topliss-reactive ketones (excluding diaryl/α,β-unsaturated/α-hetero) is 1. The molecule has 4 aromatic rings. The number of benzene rings is 2. The maximum atomic E-state index is 13.2. The molecule has 0 aliphatic carbocycles. The summed E-state index contributed by atoms with van der Waals surface area (Å²) >= 11 is 1.22. The lowest BCUT2D eigenvalue weighted by atomic mass is 10.0. The second-order valence-corrected chi connectivity index (χ2v) is 7.68. The molecule has 0 fully saturated rings. The van der Waals surface area contributed by atoms with Gasteiger partial charge in [-0.1, -0.05) is 72.4 Å². The Bertz CT molecular complexity index is 1310. The summed E-state index contributed by atoms with van der Waals surface area (Å²) in [7, 11) is 2.98. The molecular weight excluding hydrogens is 388 g/mol. The van der Waals surface area contributed by atoms with E-state index in [-0.39, 0.29) is 16.9 Å². The van der Waals surface area contributed by atoms with Crippen LogP contribution in [0.1, 0.15) is 21.2 Å². The van der Waals surface area contributed by atoms with E-state index in [0.29, 0.717) is 10.7 Å². The first-order valence-electron chi connectivity index (χ1n) is 8.94. The van der Waals surface area contributed by atoms with E-state index in [2.05, 4.69) is 9.97 Å². The third kappa shape index (κ3) is 3.42. The van der Waals surface area contributed by atoms with E-state index in [9.17, 15) is 14.4 Å². The highest BCUT2D eigenvalue weighted by atomic mass is 32.2. The zero-order valence-corrected chi connectivity index (χ0v) is 16.6. The zero-order valence-electron chi connectivity index (χ0n) is 15.8. The first-order valence-corrected chi connectivity index (χ1v) is 9.82. The number of thioether (sulfide) groups is 1. The van der Waals surface area contributed by atoms with E-state index in [1.54, 1.807) is 19.2 Å². The van der Waals surface area contributed by atoms with Crippen molar-refractivity contribution in [3.8, 4) is 0 Å². The van der Waals surface area contributed by atoms with Gasteiger partial charge in [-0.25, -0.2) is 9.78 Å². The second-order valence-electron chi connectivity index (χ2n) is 6.59. The number of fused-ring (bicyclic) bond motifs is 1. The number of aromatic amines is 1. The number of imidazole rings is 1. The van der Waals surface area contributed by atoms with Crippen LogP contribution in [0.5, 0.6) is 0 Å². The number of ketones is 1. The summed E-state index contributed by atoms with van der Waals surface area (Å²) in [6.45, 7) is 0. The molecule has 7 nitrogen and oxygen atoms in total. The van der Waals surface area contributed by atoms with Gasteiger partial charge in [-0.3, -0.25) is 18.7 Å². The van der Waals surface area contributed by atoms with E-state index in [0.717, 1.165) is 10.1 Å². The number of H-pyrrole nitrogens is 1. The minimum absolute atomic E-state index is 0.0657. The number of carbonyl (C=O) groups is 1. The van der Waals surface area contributed by atoms with Crippen molar-refractivity contribution in [2.24, 2.45) is 14.1 Å². The average Bonchev–Trinajstić information content (AvgIpc) is 3.19. The number of aryl methyl sites for hydroxylation is 1. The van der Waals surface area contributed by atoms with Crippen LogP contribution in [0.15, 0.2) is 75.4 Å². The fourth-order valence-electron chi connectivity index (χ4n) is 3.13. The van der Waals surface area contributed by atoms with Crippen LogP contribution in [0, 0.1) is 0 Å². The number of carbonyl (C=O) groups excluding carboxylic acids is 1. The maximum Gasteiger partial charge on any atom is 0.332 e. The number of aromatic nitrogens is 4. The Hall–Kier alpha value is -3.39. The summed E-state index contributed by atoms with van der Waals surface area (Å²) in [6.07, 6.45) is 0. The molecule has 0 radical (unpaired) electrons. The van der Waals surface area contributed by atoms with Crippen LogP contribution in [-0.4, -0.2) is 24.9 Å². The van der Waals surface area contributed by atoms with E-state index < -0.39 is 16.5 Å². The second kappa shape index (κ2) is 7.56. The molecule has 2 aromatic carbocycles. The van der Waals surface area contributed by atoms with Crippen molar-refractivity contribution in [1.82, 2.24) is 19.1 Å². The number of nitrogens with one attached hydrogen (secondary N) is 1. The Morgan fingerprint density at radius 3 is 2.24 bits per heavy atom. The summed E-state index contributed by atoms with van der Waals surface area (Å²) in [5.41, 5.74) is 1.01. The smallest absolute Gasteiger partial charge is 0.327 e. The molecule has 29 heavy (non-hydrogen) atoms. The van der Waals surface area contributed by atoms with Gasteiger partial charge in [0.2, 0.25) is 0 Å². The molecule has 0 saturated heterocycles. The van der Waals surface area contributed by atoms with Gasteiger partial charge >= 0.3 is 5.69 Å². The van der Waals surface area contributed by atoms with Gasteiger partial charge in [0.1, 0.15) is 5.25 Å². The molecule has 8 heteroatoms. The average molecular weight is 406 g/mol. The van der Waals surface area contributed by atoms with Crippen molar-refractivity contribution in [3.05, 3.63) is 92.6 Å². The lowest BCUT2D eigenvalue weighted by molar-refractivity contribution is 0.0989. The molecule has 4 rings (SSSR count). The molecule has 1 atom stereocenters. The Kier molecular flexibility index (Phi) is 4.94. The summed E-state index contributed by atoms with van der Waals surface area (Å²) in [4.78, 5) is 45.2. The van der Waals surface area contributed by atoms with Gasteiger partial charge in [-0.15, -0.1) is 0 Å². The van der Waals surface area contributed by atoms with Crippen molar-refractivity contribution in [2.45, 2.75) is 10.4 Å². The molecule has 0 amide bonds. The third-order valence-corrected chi connectivity index (χ3v) is 5.84. The predicted octanol–water partition coefficient (Wildman–Crippen LogP) is 2.68. The molecule has 0 aliphatic rings. The van der Waals surface area contributed by atoms with E-state index >= 15 is 0 Å². The topological polar surface area (TPSA) is 89.8 Å². The van der Waals surface area contributed by atoms with Gasteiger partial charge in [-0.05, 0) is 5.56 Å². The fraction of sp³-hybridized carbons (Fsp3) is 0.143. The van der Waals surface area contributed by atoms with E-state index in [1.807, 2.05) is 48.5 Å². The molecule has 0 saturated carbocycles. The largest absolute Gasteiger partial charge is 0.332 e. The lowest BCUT2D eigenvalue weighted by Gasteiger charge is -2.14. The predicted molar refractivity (Wildman–Crippen MR) is 112 cm³/mol. The molecule has 0 spiro atoms. The highest BCUT2D eigenvalue weighted by molar-refractivity contribution is 8.00. The highest BCUT2D eigenvalue weighted by Crippen LogP contribution is 2.36. The summed E-state index contributed by atoms with van der Waals surface area (Å²) in [5.74, 6) is -0.0657. The number of hydrogen-bond acceptors (Lipinski definition) is 5. The molecule has 0 aliphatic heterocycles. The van der Waals surface area contributed by atoms with Crippen LogP contribution in [0.3, 0.4) is 0 Å². The van der Waals surface area contributed by atoms with Crippen molar-refractivity contribution in [3.63, 3.8) is 0 Å². The Morgan fingerprint density at radius 1 is 0.966 bits per heavy atom. The lowest BCUT2D eigenvalue weighted by Crippen LogP contribution is -2.36. The highest BCUT2D eigenvalue weighted by Gasteiger charge is 2.25. The van der Waals surface area contributed by atoms with Gasteiger partial charge in [0.25, 0.3) is 5.56 Å². The molecule has 1 N–H and O–H groups in total. The van der Waals surface area contributed by atoms with Crippen LogP contribution in [0.25, 0.3) is 11.2 Å². The summed E-state index contributed by atoms with van der Waals surface area (Å²) in [5, 5.41) is -0.156. The third-order valence-electron chi connectivity index (χ3n) is 4.70. The quantitative estimate of drug-likeness (QED) is 0.407. The van der Waals surface area contributed by atoms with Crippen LogP contribution in [0.4, 0.5) is 0 Å². The van der Waals surface area contributed by atoms with Crippen molar-refractivity contribution in [1.29, 1.82) is 0 Å². The number of hydrogen-bond donors (Lipinski definition) is 1. The first-order chi connectivity index (χ1) is 14.0. The summed E-state index contributed by atoms with van der Waals surface area (Å²) in [6, 6.07) is 18.5. The van der Waals surface area contributed by atoms with Crippen molar-refractivity contribution >= 4 is 28.7 Å². The van der Waals surface area contributed by atoms with Gasteiger partial charge in [0, 0.05) is 19.7 Å². The van der Waals surface area contributed by atoms with Gasteiger partial charge in [0.05, 0.1) is 0 Å². The Balaban J connectivity index is 1.80. The Morgan fingerprint density at radius 2 is 1.59 bits per heavy atom. The first kappa shape index (κ1) is 18.9. The van der Waals surface area contributed by atoms with Crippen LogP contribution < -0.4 is 11.2 Å². The fourth-order valence-corrected chi connectivity index (χ4v) is 4.19. The van der Waals surface area contributed by atoms with Crippen LogP contribution in [-0.2, 0) is 14.1 Å². The van der Waals surface area contributed by atoms with E-state index in [4.69, 9.17) is 0 Å². The van der Waals surface area contributed by atoms with Gasteiger partial charge < -0.3 is 4.98 Å². The number of rotatable bonds is 5. The Labute approximate surface area is 170 Å². The number of nitrogens with zero attached hydrogens (tertiary/aromatic N) is 3. The molecule has 2 heterocycles. The molecule has 146 valence electrons. The van der Waals surface area contributed by atoms with E-state index in [1.165, 1.54) is 23.4 Å². The van der Waals surface area contributed by atoms with Crippen molar-refractivity contribution in [2.75, 3.05) is 0 Å². The van der Waals surface area contributed by atoms with Crippen LogP contribution in [0.2, 0.25) is 0 Å². The minimum Gasteiger partial charge on any atom is -0.327 e. The zero-order chi connectivity index (χ0) is 20.5.